The fourth-order valence-corrected chi connectivity index (χ4v) is 4.97. The van der Waals surface area contributed by atoms with E-state index in [0.29, 0.717) is 22.2 Å². The molecule has 0 aliphatic carbocycles. The summed E-state index contributed by atoms with van der Waals surface area (Å²) in [6.45, 7) is 9.04. The number of rotatable bonds is 10. The lowest BCUT2D eigenvalue weighted by Crippen LogP contribution is -2.37. The van der Waals surface area contributed by atoms with E-state index in [2.05, 4.69) is 24.4 Å². The van der Waals surface area contributed by atoms with Crippen LogP contribution in [0.15, 0.2) is 12.1 Å². The molecule has 144 valence electrons. The highest BCUT2D eigenvalue weighted by Crippen LogP contribution is 2.27. The minimum Gasteiger partial charge on any atom is -0.366 e. The van der Waals surface area contributed by atoms with Crippen molar-refractivity contribution in [2.45, 2.75) is 50.7 Å². The van der Waals surface area contributed by atoms with E-state index < -0.39 is 29.2 Å². The predicted molar refractivity (Wildman–Crippen MR) is 113 cm³/mol. The molecule has 1 unspecified atom stereocenters. The lowest BCUT2D eigenvalue weighted by atomic mass is 10.1. The Morgan fingerprint density at radius 3 is 2.56 bits per heavy atom. The van der Waals surface area contributed by atoms with Crippen LogP contribution in [-0.4, -0.2) is 35.1 Å². The Labute approximate surface area is 170 Å². The Balaban J connectivity index is 2.67. The van der Waals surface area contributed by atoms with E-state index in [1.807, 2.05) is 22.6 Å². The van der Waals surface area contributed by atoms with Crippen molar-refractivity contribution in [1.82, 2.24) is 4.72 Å². The number of sulfonamides is 1. The molecule has 1 N–H and O–H groups in total. The van der Waals surface area contributed by atoms with Gasteiger partial charge in [-0.2, -0.15) is 4.72 Å². The van der Waals surface area contributed by atoms with Gasteiger partial charge in [-0.05, 0) is 53.1 Å². The normalized spacial score (nSPS) is 13.9. The lowest BCUT2D eigenvalue weighted by molar-refractivity contribution is 0.143. The van der Waals surface area contributed by atoms with Gasteiger partial charge in [-0.1, -0.05) is 44.2 Å². The van der Waals surface area contributed by atoms with Crippen LogP contribution < -0.4 is 4.72 Å². The summed E-state index contributed by atoms with van der Waals surface area (Å²) >= 11 is 7.98. The third-order valence-corrected chi connectivity index (χ3v) is 9.22. The molecule has 25 heavy (non-hydrogen) atoms. The van der Waals surface area contributed by atoms with Crippen LogP contribution in [0.2, 0.25) is 30.7 Å². The topological polar surface area (TPSA) is 55.4 Å². The number of benzene rings is 1. The maximum absolute atomic E-state index is 13.5. The SMILES string of the molecule is CCC(Cc1ccc(F)c(I)c1Cl)S(=O)(=O)NCOCC[Si](C)(C)C. The highest BCUT2D eigenvalue weighted by atomic mass is 127. The third kappa shape index (κ3) is 7.80. The van der Waals surface area contributed by atoms with Gasteiger partial charge in [-0.3, -0.25) is 0 Å². The van der Waals surface area contributed by atoms with E-state index in [-0.39, 0.29) is 18.2 Å². The fraction of sp³-hybridized carbons (Fsp3) is 0.625. The van der Waals surface area contributed by atoms with E-state index in [1.165, 1.54) is 6.07 Å². The van der Waals surface area contributed by atoms with Gasteiger partial charge in [0, 0.05) is 14.7 Å². The molecule has 9 heteroatoms. The average Bonchev–Trinajstić information content (AvgIpc) is 2.50. The molecule has 0 heterocycles. The summed E-state index contributed by atoms with van der Waals surface area (Å²) in [6.07, 6.45) is 0.657. The van der Waals surface area contributed by atoms with Crippen LogP contribution in [0.1, 0.15) is 18.9 Å². The summed E-state index contributed by atoms with van der Waals surface area (Å²) in [5.41, 5.74) is 0.629. The van der Waals surface area contributed by atoms with Crippen LogP contribution in [0.4, 0.5) is 4.39 Å². The first-order valence-corrected chi connectivity index (χ1v) is 14.9. The molecule has 0 bridgehead atoms. The molecule has 1 aromatic rings. The van der Waals surface area contributed by atoms with E-state index in [0.717, 1.165) is 6.04 Å². The monoisotopic (exact) mass is 521 g/mol. The molecule has 0 saturated carbocycles. The number of ether oxygens (including phenoxy) is 1. The Morgan fingerprint density at radius 1 is 1.36 bits per heavy atom. The molecule has 1 rings (SSSR count). The molecule has 0 fully saturated rings. The minimum absolute atomic E-state index is 0.0298. The Bertz CT molecular complexity index is 683. The molecule has 1 aromatic carbocycles. The van der Waals surface area contributed by atoms with E-state index in [9.17, 15) is 12.8 Å². The third-order valence-electron chi connectivity index (χ3n) is 3.82. The quantitative estimate of drug-likeness (QED) is 0.160. The van der Waals surface area contributed by atoms with Gasteiger partial charge >= 0.3 is 0 Å². The van der Waals surface area contributed by atoms with Crippen LogP contribution in [0.3, 0.4) is 0 Å². The largest absolute Gasteiger partial charge is 0.366 e. The van der Waals surface area contributed by atoms with Gasteiger partial charge in [0.25, 0.3) is 0 Å². The van der Waals surface area contributed by atoms with Crippen molar-refractivity contribution in [3.8, 4) is 0 Å². The molecule has 0 aliphatic rings. The zero-order valence-corrected chi connectivity index (χ0v) is 19.8. The first kappa shape index (κ1) is 23.3. The summed E-state index contributed by atoms with van der Waals surface area (Å²) in [4.78, 5) is 0. The minimum atomic E-state index is -3.54. The highest BCUT2D eigenvalue weighted by Gasteiger charge is 2.25. The van der Waals surface area contributed by atoms with Crippen LogP contribution in [0.25, 0.3) is 0 Å². The smallest absolute Gasteiger partial charge is 0.216 e. The van der Waals surface area contributed by atoms with E-state index in [1.54, 1.807) is 13.0 Å². The van der Waals surface area contributed by atoms with E-state index >= 15 is 0 Å². The second-order valence-corrected chi connectivity index (χ2v) is 16.2. The molecule has 1 atom stereocenters. The standard InChI is InChI=1S/C16H26ClFINO3SSi/c1-5-13(10-12-6-7-14(18)16(19)15(12)17)24(21,22)20-11-23-8-9-25(2,3)4/h6-7,13,20H,5,8-11H2,1-4H3. The molecular formula is C16H26ClFINO3SSi. The van der Waals surface area contributed by atoms with Crippen molar-refractivity contribution in [3.05, 3.63) is 32.1 Å². The first-order chi connectivity index (χ1) is 11.5. The predicted octanol–water partition coefficient (Wildman–Crippen LogP) is 4.64. The number of hydrogen-bond acceptors (Lipinski definition) is 3. The zero-order valence-electron chi connectivity index (χ0n) is 15.0. The second-order valence-electron chi connectivity index (χ2n) is 7.12. The molecule has 0 aromatic heterocycles. The average molecular weight is 522 g/mol. The summed E-state index contributed by atoms with van der Waals surface area (Å²) in [5, 5.41) is -0.368. The van der Waals surface area contributed by atoms with Gasteiger partial charge < -0.3 is 4.74 Å². The number of hydrogen-bond donors (Lipinski definition) is 1. The molecule has 0 aliphatic heterocycles. The zero-order chi connectivity index (χ0) is 19.3. The maximum Gasteiger partial charge on any atom is 0.216 e. The molecular weight excluding hydrogens is 496 g/mol. The molecule has 4 nitrogen and oxygen atoms in total. The summed E-state index contributed by atoms with van der Waals surface area (Å²) in [5.74, 6) is -0.404. The van der Waals surface area contributed by atoms with Crippen LogP contribution in [0.5, 0.6) is 0 Å². The summed E-state index contributed by atoms with van der Waals surface area (Å²) in [6, 6.07) is 3.84. The van der Waals surface area contributed by atoms with Gasteiger partial charge in [0.1, 0.15) is 12.5 Å². The van der Waals surface area contributed by atoms with Gasteiger partial charge in [-0.15, -0.1) is 0 Å². The maximum atomic E-state index is 13.5. The Hall–Kier alpha value is 0.257. The fourth-order valence-electron chi connectivity index (χ4n) is 2.13. The Kier molecular flexibility index (Phi) is 9.30. The lowest BCUT2D eigenvalue weighted by Gasteiger charge is -2.19. The number of halogens is 3. The van der Waals surface area contributed by atoms with Crippen molar-refractivity contribution < 1.29 is 17.5 Å². The number of nitrogens with one attached hydrogen (secondary N) is 1. The van der Waals surface area contributed by atoms with Crippen molar-refractivity contribution in [2.75, 3.05) is 13.3 Å². The van der Waals surface area contributed by atoms with Gasteiger partial charge in [0.05, 0.1) is 13.8 Å². The molecule has 0 amide bonds. The Morgan fingerprint density at radius 2 is 2.00 bits per heavy atom. The second kappa shape index (κ2) is 9.98. The van der Waals surface area contributed by atoms with Crippen molar-refractivity contribution in [2.24, 2.45) is 0 Å². The van der Waals surface area contributed by atoms with E-state index in [4.69, 9.17) is 16.3 Å². The van der Waals surface area contributed by atoms with Crippen LogP contribution in [0, 0.1) is 9.39 Å². The highest BCUT2D eigenvalue weighted by molar-refractivity contribution is 14.1. The van der Waals surface area contributed by atoms with Gasteiger partial charge in [-0.25, -0.2) is 12.8 Å². The van der Waals surface area contributed by atoms with Crippen LogP contribution >= 0.6 is 34.2 Å². The molecule has 0 radical (unpaired) electrons. The van der Waals surface area contributed by atoms with Gasteiger partial charge in [0.2, 0.25) is 10.0 Å². The molecule has 0 spiro atoms. The van der Waals surface area contributed by atoms with Crippen molar-refractivity contribution in [1.29, 1.82) is 0 Å². The molecule has 0 saturated heterocycles. The summed E-state index contributed by atoms with van der Waals surface area (Å²) < 4.78 is 46.7. The first-order valence-electron chi connectivity index (χ1n) is 8.16. The van der Waals surface area contributed by atoms with Gasteiger partial charge in [0.15, 0.2) is 0 Å². The van der Waals surface area contributed by atoms with Crippen molar-refractivity contribution >= 4 is 52.3 Å². The summed E-state index contributed by atoms with van der Waals surface area (Å²) in [7, 11) is -4.74. The van der Waals surface area contributed by atoms with Crippen molar-refractivity contribution in [3.63, 3.8) is 0 Å². The van der Waals surface area contributed by atoms with Crippen LogP contribution in [-0.2, 0) is 21.2 Å².